The zero-order chi connectivity index (χ0) is 25.3. The minimum atomic E-state index is -3.82. The predicted molar refractivity (Wildman–Crippen MR) is 137 cm³/mol. The predicted octanol–water partition coefficient (Wildman–Crippen LogP) is 3.71. The number of sulfone groups is 1. The van der Waals surface area contributed by atoms with Gasteiger partial charge in [0, 0.05) is 24.7 Å². The molecular formula is C23H35N5O4SSi. The van der Waals surface area contributed by atoms with Crippen molar-refractivity contribution in [3.8, 4) is 5.82 Å². The van der Waals surface area contributed by atoms with Crippen molar-refractivity contribution < 1.29 is 12.8 Å². The normalized spacial score (nSPS) is 21.9. The molecule has 0 radical (unpaired) electrons. The summed E-state index contributed by atoms with van der Waals surface area (Å²) in [5.74, 6) is 0.873. The van der Waals surface area contributed by atoms with Gasteiger partial charge in [0.15, 0.2) is 24.0 Å². The number of rotatable bonds is 6. The van der Waals surface area contributed by atoms with Crippen LogP contribution in [0.4, 0.5) is 5.82 Å². The lowest BCUT2D eigenvalue weighted by atomic mass is 10.2. The molecule has 2 aromatic rings. The Bertz CT molecular complexity index is 1300. The second kappa shape index (κ2) is 7.63. The molecule has 1 N–H and O–H groups in total. The van der Waals surface area contributed by atoms with Gasteiger partial charge in [-0.05, 0) is 57.0 Å². The van der Waals surface area contributed by atoms with Crippen molar-refractivity contribution >= 4 is 30.2 Å². The quantitative estimate of drug-likeness (QED) is 0.600. The number of aliphatic imine (C=N–C) groups is 1. The van der Waals surface area contributed by atoms with Crippen LogP contribution >= 0.6 is 0 Å². The number of nitrogens with one attached hydrogen (secondary N) is 1. The highest BCUT2D eigenvalue weighted by atomic mass is 32.2. The van der Waals surface area contributed by atoms with Crippen LogP contribution in [0.15, 0.2) is 34.2 Å². The van der Waals surface area contributed by atoms with Gasteiger partial charge in [0.05, 0.1) is 0 Å². The first-order valence-electron chi connectivity index (χ1n) is 11.6. The molecule has 3 heterocycles. The lowest BCUT2D eigenvalue weighted by molar-refractivity contribution is 0.121. The molecule has 1 saturated carbocycles. The van der Waals surface area contributed by atoms with E-state index in [1.807, 2.05) is 19.9 Å². The van der Waals surface area contributed by atoms with Gasteiger partial charge in [-0.1, -0.05) is 26.8 Å². The van der Waals surface area contributed by atoms with Gasteiger partial charge in [-0.15, -0.1) is 0 Å². The van der Waals surface area contributed by atoms with Gasteiger partial charge in [-0.2, -0.15) is 0 Å². The van der Waals surface area contributed by atoms with Gasteiger partial charge in [-0.3, -0.25) is 4.79 Å². The number of hydrogen-bond acceptors (Lipinski definition) is 7. The molecule has 0 amide bonds. The molecular weight excluding hydrogens is 470 g/mol. The average molecular weight is 506 g/mol. The van der Waals surface area contributed by atoms with E-state index in [0.29, 0.717) is 30.0 Å². The monoisotopic (exact) mass is 505 g/mol. The van der Waals surface area contributed by atoms with Gasteiger partial charge >= 0.3 is 0 Å². The maximum absolute atomic E-state index is 13.5. The summed E-state index contributed by atoms with van der Waals surface area (Å²) in [4.78, 5) is 20.6. The summed E-state index contributed by atoms with van der Waals surface area (Å²) in [6, 6.07) is 5.21. The highest BCUT2D eigenvalue weighted by Gasteiger charge is 2.70. The van der Waals surface area contributed by atoms with E-state index >= 15 is 0 Å². The Balaban J connectivity index is 1.94. The SMILES string of the molecule is CC(C)n1c(=O)c2c(n1-c1ccccn1)NC(C1(O[Si](C)(C)C(C)(C)C)CC1)(S(C)(=O)=O)N=C2. The molecule has 1 unspecified atom stereocenters. The number of pyridine rings is 1. The Kier molecular flexibility index (Phi) is 5.58. The molecule has 9 nitrogen and oxygen atoms in total. The van der Waals surface area contributed by atoms with Crippen molar-refractivity contribution in [2.75, 3.05) is 11.6 Å². The van der Waals surface area contributed by atoms with Gasteiger partial charge < -0.3 is 9.74 Å². The largest absolute Gasteiger partial charge is 0.406 e. The average Bonchev–Trinajstić information content (AvgIpc) is 3.43. The number of anilines is 1. The molecule has 34 heavy (non-hydrogen) atoms. The summed E-state index contributed by atoms with van der Waals surface area (Å²) < 4.78 is 36.9. The van der Waals surface area contributed by atoms with Crippen molar-refractivity contribution in [1.29, 1.82) is 0 Å². The Morgan fingerprint density at radius 3 is 2.32 bits per heavy atom. The third-order valence-electron chi connectivity index (χ3n) is 7.25. The van der Waals surface area contributed by atoms with Crippen LogP contribution in [0.3, 0.4) is 0 Å². The molecule has 0 saturated heterocycles. The lowest BCUT2D eigenvalue weighted by Gasteiger charge is -2.46. The Hall–Kier alpha value is -2.24. The standard InChI is InChI=1S/C23H35N5O4SSi/c1-16(2)27-20(29)17-15-25-23(33(6,30)31,22(12-13-22)32-34(7,8)21(3,4)5)26-19(17)28(27)18-11-9-10-14-24-18/h9-11,14-16,26H,12-13H2,1-8H3. The summed E-state index contributed by atoms with van der Waals surface area (Å²) in [6.07, 6.45) is 5.35. The third kappa shape index (κ3) is 3.59. The van der Waals surface area contributed by atoms with Crippen LogP contribution in [0.25, 0.3) is 5.82 Å². The molecule has 1 fully saturated rings. The summed E-state index contributed by atoms with van der Waals surface area (Å²) in [5, 5.41) is 3.11. The van der Waals surface area contributed by atoms with Crippen molar-refractivity contribution in [3.63, 3.8) is 0 Å². The lowest BCUT2D eigenvalue weighted by Crippen LogP contribution is -2.61. The first-order valence-corrected chi connectivity index (χ1v) is 16.4. The highest BCUT2D eigenvalue weighted by molar-refractivity contribution is 7.92. The Morgan fingerprint density at radius 1 is 1.21 bits per heavy atom. The summed E-state index contributed by atoms with van der Waals surface area (Å²) >= 11 is 0. The fourth-order valence-corrected chi connectivity index (χ4v) is 7.47. The van der Waals surface area contributed by atoms with Crippen molar-refractivity contribution in [2.24, 2.45) is 4.99 Å². The molecule has 1 aliphatic carbocycles. The number of fused-ring (bicyclic) bond motifs is 1. The zero-order valence-electron chi connectivity index (χ0n) is 21.2. The van der Waals surface area contributed by atoms with E-state index in [-0.39, 0.29) is 16.6 Å². The molecule has 0 bridgehead atoms. The Morgan fingerprint density at radius 2 is 1.85 bits per heavy atom. The number of nitrogens with zero attached hydrogens (tertiary/aromatic N) is 4. The minimum Gasteiger partial charge on any atom is -0.406 e. The summed E-state index contributed by atoms with van der Waals surface area (Å²) in [5.41, 5.74) is -0.964. The highest BCUT2D eigenvalue weighted by Crippen LogP contribution is 2.57. The maximum Gasteiger partial charge on any atom is 0.278 e. The minimum absolute atomic E-state index is 0.109. The summed E-state index contributed by atoms with van der Waals surface area (Å²) in [6.45, 7) is 14.4. The molecule has 1 aliphatic heterocycles. The van der Waals surface area contributed by atoms with E-state index < -0.39 is 28.8 Å². The van der Waals surface area contributed by atoms with Crippen LogP contribution in [0.2, 0.25) is 18.1 Å². The van der Waals surface area contributed by atoms with E-state index in [2.05, 4.69) is 49.2 Å². The van der Waals surface area contributed by atoms with E-state index in [4.69, 9.17) is 4.43 Å². The van der Waals surface area contributed by atoms with E-state index in [1.54, 1.807) is 27.7 Å². The second-order valence-corrected chi connectivity index (χ2v) is 18.0. The van der Waals surface area contributed by atoms with Crippen LogP contribution in [0, 0.1) is 0 Å². The molecule has 1 atom stereocenters. The molecule has 4 rings (SSSR count). The van der Waals surface area contributed by atoms with Crippen LogP contribution in [0.1, 0.15) is 59.1 Å². The third-order valence-corrected chi connectivity index (χ3v) is 13.4. The van der Waals surface area contributed by atoms with Gasteiger partial charge in [0.25, 0.3) is 10.6 Å². The van der Waals surface area contributed by atoms with Crippen molar-refractivity contribution in [1.82, 2.24) is 14.3 Å². The van der Waals surface area contributed by atoms with Gasteiger partial charge in [0.2, 0.25) is 0 Å². The molecule has 11 heteroatoms. The second-order valence-electron chi connectivity index (χ2n) is 11.2. The number of aromatic nitrogens is 3. The van der Waals surface area contributed by atoms with Gasteiger partial charge in [-0.25, -0.2) is 27.8 Å². The first kappa shape index (κ1) is 24.9. The molecule has 186 valence electrons. The molecule has 2 aromatic heterocycles. The van der Waals surface area contributed by atoms with E-state index in [0.717, 1.165) is 0 Å². The first-order chi connectivity index (χ1) is 15.6. The fourth-order valence-electron chi connectivity index (χ4n) is 4.31. The van der Waals surface area contributed by atoms with Crippen molar-refractivity contribution in [3.05, 3.63) is 40.3 Å². The topological polar surface area (TPSA) is 108 Å². The summed E-state index contributed by atoms with van der Waals surface area (Å²) in [7, 11) is -6.17. The van der Waals surface area contributed by atoms with E-state index in [1.165, 1.54) is 12.5 Å². The molecule has 0 spiro atoms. The van der Waals surface area contributed by atoms with E-state index in [9.17, 15) is 13.2 Å². The maximum atomic E-state index is 13.5. The van der Waals surface area contributed by atoms with Crippen molar-refractivity contribution in [2.45, 2.75) is 82.2 Å². The molecule has 0 aromatic carbocycles. The Labute approximate surface area is 202 Å². The smallest absolute Gasteiger partial charge is 0.278 e. The van der Waals surface area contributed by atoms with Crippen LogP contribution < -0.4 is 10.9 Å². The number of hydrogen-bond donors (Lipinski definition) is 1. The van der Waals surface area contributed by atoms with Crippen LogP contribution in [-0.4, -0.2) is 54.1 Å². The van der Waals surface area contributed by atoms with Gasteiger partial charge in [0.1, 0.15) is 17.0 Å². The molecule has 2 aliphatic rings. The fraction of sp³-hybridized carbons (Fsp3) is 0.609. The van der Waals surface area contributed by atoms with Crippen LogP contribution in [-0.2, 0) is 14.3 Å². The van der Waals surface area contributed by atoms with Crippen LogP contribution in [0.5, 0.6) is 0 Å². The zero-order valence-corrected chi connectivity index (χ0v) is 23.0.